The minimum atomic E-state index is -3.81. The van der Waals surface area contributed by atoms with Crippen LogP contribution in [-0.4, -0.2) is 50.5 Å². The Bertz CT molecular complexity index is 1140. The molecule has 7 nitrogen and oxygen atoms in total. The van der Waals surface area contributed by atoms with Gasteiger partial charge in [0.15, 0.2) is 0 Å². The van der Waals surface area contributed by atoms with Crippen molar-refractivity contribution in [2.24, 2.45) is 0 Å². The lowest BCUT2D eigenvalue weighted by atomic mass is 9.87. The number of carbonyl (C=O) groups is 2. The smallest absolute Gasteiger partial charge is 0.244 e. The summed E-state index contributed by atoms with van der Waals surface area (Å²) in [6.07, 6.45) is 1.04. The van der Waals surface area contributed by atoms with Crippen molar-refractivity contribution in [3.05, 3.63) is 63.6 Å². The number of hydrogen-bond donors (Lipinski definition) is 1. The number of halogens is 2. The molecule has 1 atom stereocenters. The van der Waals surface area contributed by atoms with E-state index in [2.05, 4.69) is 26.1 Å². The SMILES string of the molecule is CCNC(=O)[C@@H](C)N(Cc1c(Cl)cccc1Cl)C(=O)CN(c1ccc(C(C)(C)C)cc1)S(C)(=O)=O. The van der Waals surface area contributed by atoms with Crippen molar-refractivity contribution in [3.8, 4) is 0 Å². The number of nitrogens with one attached hydrogen (secondary N) is 1. The highest BCUT2D eigenvalue weighted by Gasteiger charge is 2.31. The van der Waals surface area contributed by atoms with Crippen LogP contribution in [0.1, 0.15) is 45.7 Å². The average molecular weight is 543 g/mol. The number of amides is 2. The zero-order valence-electron chi connectivity index (χ0n) is 20.9. The van der Waals surface area contributed by atoms with Crippen molar-refractivity contribution in [2.45, 2.75) is 52.6 Å². The van der Waals surface area contributed by atoms with Crippen LogP contribution in [-0.2, 0) is 31.6 Å². The zero-order valence-corrected chi connectivity index (χ0v) is 23.3. The van der Waals surface area contributed by atoms with Gasteiger partial charge in [-0.1, -0.05) is 62.2 Å². The summed E-state index contributed by atoms with van der Waals surface area (Å²) in [5, 5.41) is 3.39. The van der Waals surface area contributed by atoms with E-state index >= 15 is 0 Å². The average Bonchev–Trinajstić information content (AvgIpc) is 2.75. The Hall–Kier alpha value is -2.29. The molecule has 0 saturated heterocycles. The molecular formula is C25H33Cl2N3O4S. The zero-order chi connectivity index (χ0) is 26.6. The first-order valence-electron chi connectivity index (χ1n) is 11.2. The number of carbonyl (C=O) groups excluding carboxylic acids is 2. The monoisotopic (exact) mass is 541 g/mol. The van der Waals surface area contributed by atoms with Crippen LogP contribution in [0.3, 0.4) is 0 Å². The summed E-state index contributed by atoms with van der Waals surface area (Å²) < 4.78 is 26.4. The molecule has 0 heterocycles. The van der Waals surface area contributed by atoms with Gasteiger partial charge in [-0.3, -0.25) is 13.9 Å². The van der Waals surface area contributed by atoms with Gasteiger partial charge in [-0.05, 0) is 49.1 Å². The first-order chi connectivity index (χ1) is 16.2. The lowest BCUT2D eigenvalue weighted by Gasteiger charge is -2.32. The fourth-order valence-electron chi connectivity index (χ4n) is 3.50. The summed E-state index contributed by atoms with van der Waals surface area (Å²) in [5.74, 6) is -0.936. The van der Waals surface area contributed by atoms with E-state index in [-0.39, 0.29) is 17.9 Å². The molecular weight excluding hydrogens is 509 g/mol. The first-order valence-corrected chi connectivity index (χ1v) is 13.9. The molecule has 2 aromatic carbocycles. The second kappa shape index (κ2) is 11.6. The second-order valence-electron chi connectivity index (χ2n) is 9.36. The Balaban J connectivity index is 2.45. The van der Waals surface area contributed by atoms with Gasteiger partial charge < -0.3 is 10.2 Å². The largest absolute Gasteiger partial charge is 0.355 e. The summed E-state index contributed by atoms with van der Waals surface area (Å²) in [6, 6.07) is 11.1. The predicted octanol–water partition coefficient (Wildman–Crippen LogP) is 4.61. The first kappa shape index (κ1) is 28.9. The normalized spacial score (nSPS) is 12.7. The van der Waals surface area contributed by atoms with Crippen LogP contribution in [0, 0.1) is 0 Å². The molecule has 192 valence electrons. The number of anilines is 1. The van der Waals surface area contributed by atoms with Gasteiger partial charge in [0.25, 0.3) is 0 Å². The van der Waals surface area contributed by atoms with Crippen molar-refractivity contribution in [2.75, 3.05) is 23.7 Å². The van der Waals surface area contributed by atoms with E-state index in [1.54, 1.807) is 44.2 Å². The third kappa shape index (κ3) is 7.59. The molecule has 0 spiro atoms. The number of rotatable bonds is 9. The van der Waals surface area contributed by atoms with Crippen LogP contribution in [0.25, 0.3) is 0 Å². The number of likely N-dealkylation sites (N-methyl/N-ethyl adjacent to an activating group) is 1. The van der Waals surface area contributed by atoms with E-state index in [0.29, 0.717) is 27.8 Å². The summed E-state index contributed by atoms with van der Waals surface area (Å²) in [4.78, 5) is 27.5. The Morgan fingerprint density at radius 1 is 1.03 bits per heavy atom. The quantitative estimate of drug-likeness (QED) is 0.502. The van der Waals surface area contributed by atoms with Crippen LogP contribution in [0.2, 0.25) is 10.0 Å². The number of sulfonamides is 1. The van der Waals surface area contributed by atoms with Gasteiger partial charge in [-0.2, -0.15) is 0 Å². The number of benzene rings is 2. The van der Waals surface area contributed by atoms with Gasteiger partial charge >= 0.3 is 0 Å². The molecule has 2 aromatic rings. The maximum Gasteiger partial charge on any atom is 0.244 e. The van der Waals surface area contributed by atoms with Crippen molar-refractivity contribution < 1.29 is 18.0 Å². The van der Waals surface area contributed by atoms with E-state index in [0.717, 1.165) is 16.1 Å². The van der Waals surface area contributed by atoms with Crippen LogP contribution >= 0.6 is 23.2 Å². The van der Waals surface area contributed by atoms with Gasteiger partial charge in [0.05, 0.1) is 11.9 Å². The second-order valence-corrected chi connectivity index (χ2v) is 12.1. The summed E-state index contributed by atoms with van der Waals surface area (Å²) in [5.41, 5.74) is 1.74. The van der Waals surface area contributed by atoms with E-state index < -0.39 is 28.5 Å². The highest BCUT2D eigenvalue weighted by molar-refractivity contribution is 7.92. The molecule has 0 bridgehead atoms. The lowest BCUT2D eigenvalue weighted by Crippen LogP contribution is -2.51. The Kier molecular flexibility index (Phi) is 9.62. The maximum absolute atomic E-state index is 13.5. The van der Waals surface area contributed by atoms with Crippen LogP contribution in [0.4, 0.5) is 5.69 Å². The van der Waals surface area contributed by atoms with Crippen molar-refractivity contribution in [1.82, 2.24) is 10.2 Å². The molecule has 0 radical (unpaired) electrons. The highest BCUT2D eigenvalue weighted by atomic mass is 35.5. The van der Waals surface area contributed by atoms with Crippen LogP contribution in [0.5, 0.6) is 0 Å². The van der Waals surface area contributed by atoms with Crippen molar-refractivity contribution >= 4 is 50.7 Å². The van der Waals surface area contributed by atoms with E-state index in [4.69, 9.17) is 23.2 Å². The third-order valence-corrected chi connectivity index (χ3v) is 7.46. The van der Waals surface area contributed by atoms with Gasteiger partial charge in [0.1, 0.15) is 12.6 Å². The predicted molar refractivity (Wildman–Crippen MR) is 142 cm³/mol. The Morgan fingerprint density at radius 3 is 2.03 bits per heavy atom. The molecule has 2 rings (SSSR count). The van der Waals surface area contributed by atoms with Crippen LogP contribution in [0.15, 0.2) is 42.5 Å². The van der Waals surface area contributed by atoms with Gasteiger partial charge in [-0.15, -0.1) is 0 Å². The minimum absolute atomic E-state index is 0.0593. The summed E-state index contributed by atoms with van der Waals surface area (Å²) in [6.45, 7) is 9.36. The van der Waals surface area contributed by atoms with E-state index in [1.807, 2.05) is 12.1 Å². The molecule has 0 aliphatic heterocycles. The lowest BCUT2D eigenvalue weighted by molar-refractivity contribution is -0.139. The van der Waals surface area contributed by atoms with Gasteiger partial charge in [0, 0.05) is 28.7 Å². The summed E-state index contributed by atoms with van der Waals surface area (Å²) >= 11 is 12.6. The van der Waals surface area contributed by atoms with Gasteiger partial charge in [-0.25, -0.2) is 8.42 Å². The number of hydrogen-bond acceptors (Lipinski definition) is 4. The van der Waals surface area contributed by atoms with Crippen molar-refractivity contribution in [1.29, 1.82) is 0 Å². The Labute approximate surface area is 218 Å². The molecule has 0 fully saturated rings. The highest BCUT2D eigenvalue weighted by Crippen LogP contribution is 2.28. The molecule has 0 aromatic heterocycles. The number of nitrogens with zero attached hydrogens (tertiary/aromatic N) is 2. The minimum Gasteiger partial charge on any atom is -0.355 e. The van der Waals surface area contributed by atoms with Gasteiger partial charge in [0.2, 0.25) is 21.8 Å². The molecule has 1 N–H and O–H groups in total. The molecule has 2 amide bonds. The molecule has 0 unspecified atom stereocenters. The standard InChI is InChI=1S/C25H33Cl2N3O4S/c1-7-28-24(32)17(2)29(15-20-21(26)9-8-10-22(20)27)23(31)16-30(35(6,33)34)19-13-11-18(12-14-19)25(3,4)5/h8-14,17H,7,15-16H2,1-6H3,(H,28,32)/t17-/m1/s1. The molecule has 0 aliphatic rings. The Morgan fingerprint density at radius 2 is 1.57 bits per heavy atom. The van der Waals surface area contributed by atoms with Crippen molar-refractivity contribution in [3.63, 3.8) is 0 Å². The molecule has 0 saturated carbocycles. The van der Waals surface area contributed by atoms with Crippen LogP contribution < -0.4 is 9.62 Å². The van der Waals surface area contributed by atoms with E-state index in [9.17, 15) is 18.0 Å². The molecule has 0 aliphatic carbocycles. The molecule has 35 heavy (non-hydrogen) atoms. The fraction of sp³-hybridized carbons (Fsp3) is 0.440. The third-order valence-electron chi connectivity index (χ3n) is 5.61. The van der Waals surface area contributed by atoms with E-state index in [1.165, 1.54) is 4.90 Å². The maximum atomic E-state index is 13.5. The topological polar surface area (TPSA) is 86.8 Å². The fourth-order valence-corrected chi connectivity index (χ4v) is 4.87. The molecule has 10 heteroatoms. The summed E-state index contributed by atoms with van der Waals surface area (Å²) in [7, 11) is -3.81.